The summed E-state index contributed by atoms with van der Waals surface area (Å²) in [5, 5.41) is 5.19. The summed E-state index contributed by atoms with van der Waals surface area (Å²) >= 11 is 0. The Morgan fingerprint density at radius 1 is 0.885 bits per heavy atom. The largest absolute Gasteiger partial charge is 0.493 e. The molecular formula is C22H21NO3. The zero-order valence-electron chi connectivity index (χ0n) is 15.1. The molecule has 0 spiro atoms. The quantitative estimate of drug-likeness (QED) is 0.662. The van der Waals surface area contributed by atoms with E-state index in [4.69, 9.17) is 9.47 Å². The van der Waals surface area contributed by atoms with Crippen LogP contribution < -0.4 is 14.8 Å². The van der Waals surface area contributed by atoms with Gasteiger partial charge in [0.15, 0.2) is 11.5 Å². The van der Waals surface area contributed by atoms with Gasteiger partial charge in [-0.2, -0.15) is 0 Å². The maximum atomic E-state index is 11.5. The monoisotopic (exact) mass is 347 g/mol. The van der Waals surface area contributed by atoms with Crippen LogP contribution in [0.5, 0.6) is 11.5 Å². The molecule has 0 saturated carbocycles. The van der Waals surface area contributed by atoms with Gasteiger partial charge in [0, 0.05) is 6.92 Å². The van der Waals surface area contributed by atoms with E-state index in [1.54, 1.807) is 14.2 Å². The highest BCUT2D eigenvalue weighted by atomic mass is 16.5. The lowest BCUT2D eigenvalue weighted by Gasteiger charge is -2.14. The van der Waals surface area contributed by atoms with Gasteiger partial charge >= 0.3 is 0 Å². The number of hydrogen-bond donors (Lipinski definition) is 1. The van der Waals surface area contributed by atoms with Crippen LogP contribution in [0.2, 0.25) is 0 Å². The zero-order chi connectivity index (χ0) is 18.5. The van der Waals surface area contributed by atoms with Crippen molar-refractivity contribution < 1.29 is 14.3 Å². The van der Waals surface area contributed by atoms with E-state index in [0.29, 0.717) is 17.2 Å². The molecule has 3 aromatic rings. The minimum absolute atomic E-state index is 0.166. The first-order chi connectivity index (χ1) is 12.6. The fourth-order valence-corrected chi connectivity index (χ4v) is 2.87. The van der Waals surface area contributed by atoms with Gasteiger partial charge in [-0.05, 0) is 40.1 Å². The second-order valence-electron chi connectivity index (χ2n) is 5.93. The molecule has 0 atom stereocenters. The number of amides is 1. The highest BCUT2D eigenvalue weighted by Gasteiger charge is 2.12. The highest BCUT2D eigenvalue weighted by molar-refractivity contribution is 5.92. The van der Waals surface area contributed by atoms with Crippen LogP contribution in [0.25, 0.3) is 22.9 Å². The Morgan fingerprint density at radius 2 is 1.62 bits per heavy atom. The third kappa shape index (κ3) is 3.86. The molecule has 0 aromatic heterocycles. The number of benzene rings is 3. The van der Waals surface area contributed by atoms with Crippen molar-refractivity contribution in [3.63, 3.8) is 0 Å². The molecule has 3 rings (SSSR count). The fourth-order valence-electron chi connectivity index (χ4n) is 2.87. The molecule has 0 unspecified atom stereocenters. The topological polar surface area (TPSA) is 47.6 Å². The van der Waals surface area contributed by atoms with Crippen LogP contribution in [0.4, 0.5) is 5.69 Å². The Balaban J connectivity index is 1.96. The third-order valence-electron chi connectivity index (χ3n) is 4.05. The molecule has 26 heavy (non-hydrogen) atoms. The third-order valence-corrected chi connectivity index (χ3v) is 4.05. The molecule has 1 amide bonds. The van der Waals surface area contributed by atoms with Gasteiger partial charge in [0.2, 0.25) is 5.91 Å². The van der Waals surface area contributed by atoms with Crippen LogP contribution in [0.15, 0.2) is 54.6 Å². The van der Waals surface area contributed by atoms with Crippen molar-refractivity contribution in [1.82, 2.24) is 0 Å². The molecule has 1 N–H and O–H groups in total. The number of fused-ring (bicyclic) bond motifs is 1. The van der Waals surface area contributed by atoms with Gasteiger partial charge < -0.3 is 14.8 Å². The molecule has 4 heteroatoms. The molecule has 0 heterocycles. The first kappa shape index (κ1) is 17.5. The average Bonchev–Trinajstić information content (AvgIpc) is 2.65. The number of methoxy groups -OCH3 is 2. The molecular weight excluding hydrogens is 326 g/mol. The number of hydrogen-bond acceptors (Lipinski definition) is 3. The second-order valence-corrected chi connectivity index (χ2v) is 5.93. The van der Waals surface area contributed by atoms with Crippen molar-refractivity contribution in [3.05, 3.63) is 65.7 Å². The van der Waals surface area contributed by atoms with Gasteiger partial charge in [0.25, 0.3) is 0 Å². The van der Waals surface area contributed by atoms with E-state index >= 15 is 0 Å². The number of carbonyl (C=O) groups excluding carboxylic acids is 1. The predicted octanol–water partition coefficient (Wildman–Crippen LogP) is 4.99. The summed E-state index contributed by atoms with van der Waals surface area (Å²) in [7, 11) is 3.12. The van der Waals surface area contributed by atoms with E-state index in [1.807, 2.05) is 36.4 Å². The Hall–Kier alpha value is -3.27. The van der Waals surface area contributed by atoms with Gasteiger partial charge in [-0.25, -0.2) is 0 Å². The lowest BCUT2D eigenvalue weighted by atomic mass is 10.1. The summed E-state index contributed by atoms with van der Waals surface area (Å²) in [6.07, 6.45) is 4.02. The molecule has 0 aliphatic heterocycles. The second kappa shape index (κ2) is 7.74. The van der Waals surface area contributed by atoms with Gasteiger partial charge in [0.05, 0.1) is 19.9 Å². The summed E-state index contributed by atoms with van der Waals surface area (Å²) in [5.41, 5.74) is 2.58. The molecule has 3 aromatic carbocycles. The molecule has 0 radical (unpaired) electrons. The van der Waals surface area contributed by atoms with E-state index in [2.05, 4.69) is 35.6 Å². The summed E-state index contributed by atoms with van der Waals surface area (Å²) < 4.78 is 10.8. The normalized spacial score (nSPS) is 10.9. The maximum absolute atomic E-state index is 11.5. The molecule has 0 aliphatic rings. The number of anilines is 1. The van der Waals surface area contributed by atoms with Crippen LogP contribution in [0.3, 0.4) is 0 Å². The minimum Gasteiger partial charge on any atom is -0.493 e. The summed E-state index contributed by atoms with van der Waals surface area (Å²) in [5.74, 6) is 0.906. The van der Waals surface area contributed by atoms with Crippen molar-refractivity contribution in [2.75, 3.05) is 19.5 Å². The first-order valence-electron chi connectivity index (χ1n) is 8.31. The average molecular weight is 347 g/mol. The molecule has 0 aliphatic carbocycles. The van der Waals surface area contributed by atoms with E-state index in [9.17, 15) is 4.79 Å². The minimum atomic E-state index is -0.166. The summed E-state index contributed by atoms with van der Waals surface area (Å²) in [6, 6.07) is 18.3. The van der Waals surface area contributed by atoms with Gasteiger partial charge in [-0.3, -0.25) is 4.79 Å². The molecule has 0 saturated heterocycles. The number of carbonyl (C=O) groups is 1. The number of ether oxygens (including phenoxy) is 2. The van der Waals surface area contributed by atoms with E-state index < -0.39 is 0 Å². The number of rotatable bonds is 5. The Kier molecular flexibility index (Phi) is 5.23. The Bertz CT molecular complexity index is 976. The van der Waals surface area contributed by atoms with Crippen molar-refractivity contribution >= 4 is 34.5 Å². The standard InChI is InChI=1S/C22H21NO3/c1-15(24)23-20-13-17(14-21(25-2)22(20)26-3)9-8-16-10-11-18-6-4-5-7-19(18)12-16/h4-14H,1-3H3,(H,23,24)/b9-8+. The van der Waals surface area contributed by atoms with Crippen LogP contribution in [0.1, 0.15) is 18.1 Å². The summed E-state index contributed by atoms with van der Waals surface area (Å²) in [4.78, 5) is 11.5. The Morgan fingerprint density at radius 3 is 2.31 bits per heavy atom. The van der Waals surface area contributed by atoms with Gasteiger partial charge in [-0.15, -0.1) is 0 Å². The van der Waals surface area contributed by atoms with Gasteiger partial charge in [-0.1, -0.05) is 48.6 Å². The van der Waals surface area contributed by atoms with Crippen LogP contribution >= 0.6 is 0 Å². The van der Waals surface area contributed by atoms with Crippen molar-refractivity contribution in [2.45, 2.75) is 6.92 Å². The van der Waals surface area contributed by atoms with Crippen LogP contribution in [-0.2, 0) is 4.79 Å². The van der Waals surface area contributed by atoms with Crippen molar-refractivity contribution in [2.24, 2.45) is 0 Å². The fraction of sp³-hybridized carbons (Fsp3) is 0.136. The van der Waals surface area contributed by atoms with Crippen LogP contribution in [0, 0.1) is 0 Å². The SMILES string of the molecule is COc1cc(/C=C/c2ccc3ccccc3c2)cc(NC(C)=O)c1OC. The van der Waals surface area contributed by atoms with Crippen molar-refractivity contribution in [1.29, 1.82) is 0 Å². The zero-order valence-corrected chi connectivity index (χ0v) is 15.1. The van der Waals surface area contributed by atoms with Crippen LogP contribution in [-0.4, -0.2) is 20.1 Å². The van der Waals surface area contributed by atoms with Crippen molar-refractivity contribution in [3.8, 4) is 11.5 Å². The maximum Gasteiger partial charge on any atom is 0.221 e. The molecule has 132 valence electrons. The predicted molar refractivity (Wildman–Crippen MR) is 107 cm³/mol. The number of nitrogens with one attached hydrogen (secondary N) is 1. The lowest BCUT2D eigenvalue weighted by Crippen LogP contribution is -2.08. The highest BCUT2D eigenvalue weighted by Crippen LogP contribution is 2.37. The first-order valence-corrected chi connectivity index (χ1v) is 8.31. The Labute approximate surface area is 153 Å². The van der Waals surface area contributed by atoms with E-state index in [1.165, 1.54) is 17.7 Å². The molecule has 0 bridgehead atoms. The smallest absolute Gasteiger partial charge is 0.221 e. The lowest BCUT2D eigenvalue weighted by molar-refractivity contribution is -0.114. The molecule has 0 fully saturated rings. The van der Waals surface area contributed by atoms with E-state index in [0.717, 1.165) is 11.1 Å². The van der Waals surface area contributed by atoms with E-state index in [-0.39, 0.29) is 5.91 Å². The van der Waals surface area contributed by atoms with Gasteiger partial charge in [0.1, 0.15) is 0 Å². The molecule has 4 nitrogen and oxygen atoms in total. The summed E-state index contributed by atoms with van der Waals surface area (Å²) in [6.45, 7) is 1.46.